The first-order chi connectivity index (χ1) is 11.9. The van der Waals surface area contributed by atoms with Crippen LogP contribution in [0.5, 0.6) is 5.75 Å². The monoisotopic (exact) mass is 398 g/mol. The van der Waals surface area contributed by atoms with E-state index >= 15 is 0 Å². The molecule has 0 bridgehead atoms. The highest BCUT2D eigenvalue weighted by Crippen LogP contribution is 2.33. The van der Waals surface area contributed by atoms with E-state index < -0.39 is 10.0 Å². The fourth-order valence-corrected chi connectivity index (χ4v) is 3.75. The van der Waals surface area contributed by atoms with Gasteiger partial charge in [0.1, 0.15) is 10.6 Å². The molecule has 0 aliphatic rings. The molecule has 0 aliphatic heterocycles. The summed E-state index contributed by atoms with van der Waals surface area (Å²) in [6, 6.07) is 11.1. The number of ether oxygens (including phenoxy) is 1. The van der Waals surface area contributed by atoms with Gasteiger partial charge in [-0.15, -0.1) is 0 Å². The van der Waals surface area contributed by atoms with Crippen molar-refractivity contribution in [2.24, 2.45) is 0 Å². The summed E-state index contributed by atoms with van der Waals surface area (Å²) in [5.74, 6) is 0.133. The topological polar surface area (TPSA) is 81.4 Å². The number of methoxy groups -OCH3 is 1. The van der Waals surface area contributed by atoms with Crippen LogP contribution in [0.2, 0.25) is 10.0 Å². The molecule has 0 radical (unpaired) electrons. The highest BCUT2D eigenvalue weighted by molar-refractivity contribution is 7.92. The van der Waals surface area contributed by atoms with Crippen molar-refractivity contribution < 1.29 is 17.7 Å². The molecule has 9 heteroatoms. The van der Waals surface area contributed by atoms with E-state index in [1.165, 1.54) is 31.5 Å². The number of anilines is 1. The first-order valence-corrected chi connectivity index (χ1v) is 9.21. The molecule has 3 rings (SSSR count). The first kappa shape index (κ1) is 17.6. The molecule has 130 valence electrons. The van der Waals surface area contributed by atoms with Gasteiger partial charge in [-0.05, 0) is 35.9 Å². The number of halogens is 2. The molecular formula is C16H12Cl2N2O4S. The smallest absolute Gasteiger partial charge is 0.268 e. The van der Waals surface area contributed by atoms with Crippen LogP contribution in [0.25, 0.3) is 11.1 Å². The van der Waals surface area contributed by atoms with Gasteiger partial charge in [0.25, 0.3) is 10.0 Å². The molecule has 0 saturated carbocycles. The van der Waals surface area contributed by atoms with Crippen LogP contribution >= 0.6 is 23.2 Å². The molecule has 0 saturated heterocycles. The van der Waals surface area contributed by atoms with E-state index in [1.54, 1.807) is 24.3 Å². The third-order valence-corrected chi connectivity index (χ3v) is 5.21. The van der Waals surface area contributed by atoms with Crippen LogP contribution in [0.3, 0.4) is 0 Å². The second kappa shape index (κ2) is 6.95. The quantitative estimate of drug-likeness (QED) is 0.685. The largest absolute Gasteiger partial charge is 0.495 e. The van der Waals surface area contributed by atoms with Crippen molar-refractivity contribution in [3.63, 3.8) is 0 Å². The maximum atomic E-state index is 12.7. The Hall–Kier alpha value is -2.22. The van der Waals surface area contributed by atoms with Crippen molar-refractivity contribution in [3.05, 3.63) is 58.7 Å². The Bertz CT molecular complexity index is 1000. The number of benzene rings is 2. The van der Waals surface area contributed by atoms with Gasteiger partial charge in [0.2, 0.25) is 5.88 Å². The molecule has 3 aromatic rings. The lowest BCUT2D eigenvalue weighted by Gasteiger charge is -2.11. The Labute approximate surface area is 154 Å². The van der Waals surface area contributed by atoms with Gasteiger partial charge in [-0.2, -0.15) is 0 Å². The molecule has 0 atom stereocenters. The van der Waals surface area contributed by atoms with Crippen LogP contribution in [0.4, 0.5) is 5.88 Å². The predicted octanol–water partition coefficient (Wildman–Crippen LogP) is 4.46. The lowest BCUT2D eigenvalue weighted by Crippen LogP contribution is -2.14. The highest BCUT2D eigenvalue weighted by atomic mass is 35.5. The number of sulfonamides is 1. The van der Waals surface area contributed by atoms with E-state index in [0.717, 1.165) is 0 Å². The predicted molar refractivity (Wildman–Crippen MR) is 95.8 cm³/mol. The minimum Gasteiger partial charge on any atom is -0.495 e. The van der Waals surface area contributed by atoms with Crippen LogP contribution in [-0.2, 0) is 10.0 Å². The third kappa shape index (κ3) is 3.73. The van der Waals surface area contributed by atoms with E-state index in [2.05, 4.69) is 9.88 Å². The summed E-state index contributed by atoms with van der Waals surface area (Å²) in [5, 5.41) is 4.49. The number of hydrogen-bond acceptors (Lipinski definition) is 5. The Kier molecular flexibility index (Phi) is 4.89. The van der Waals surface area contributed by atoms with Crippen LogP contribution in [-0.4, -0.2) is 20.7 Å². The molecule has 2 aromatic carbocycles. The van der Waals surface area contributed by atoms with Crippen molar-refractivity contribution >= 4 is 39.1 Å². The normalized spacial score (nSPS) is 11.3. The molecule has 0 spiro atoms. The Balaban J connectivity index is 1.99. The molecule has 0 fully saturated rings. The second-order valence-electron chi connectivity index (χ2n) is 4.98. The van der Waals surface area contributed by atoms with Crippen molar-refractivity contribution in [2.75, 3.05) is 11.8 Å². The summed E-state index contributed by atoms with van der Waals surface area (Å²) < 4.78 is 37.9. The number of rotatable bonds is 5. The minimum atomic E-state index is -4.01. The van der Waals surface area contributed by atoms with Crippen LogP contribution in [0, 0.1) is 0 Å². The van der Waals surface area contributed by atoms with Crippen molar-refractivity contribution in [1.29, 1.82) is 0 Å². The molecule has 25 heavy (non-hydrogen) atoms. The van der Waals surface area contributed by atoms with E-state index in [0.29, 0.717) is 16.1 Å². The lowest BCUT2D eigenvalue weighted by atomic mass is 10.1. The molecular weight excluding hydrogens is 387 g/mol. The third-order valence-electron chi connectivity index (χ3n) is 3.37. The van der Waals surface area contributed by atoms with Gasteiger partial charge >= 0.3 is 0 Å². The summed E-state index contributed by atoms with van der Waals surface area (Å²) in [5.41, 5.74) is 1.17. The second-order valence-corrected chi connectivity index (χ2v) is 7.50. The number of nitrogens with zero attached hydrogens (tertiary/aromatic N) is 1. The van der Waals surface area contributed by atoms with Gasteiger partial charge < -0.3 is 9.26 Å². The summed E-state index contributed by atoms with van der Waals surface area (Å²) in [6.07, 6.45) is 1.41. The van der Waals surface area contributed by atoms with E-state index in [9.17, 15) is 8.42 Å². The van der Waals surface area contributed by atoms with E-state index in [4.69, 9.17) is 32.5 Å². The van der Waals surface area contributed by atoms with Crippen LogP contribution in [0.1, 0.15) is 0 Å². The van der Waals surface area contributed by atoms with Crippen molar-refractivity contribution in [1.82, 2.24) is 5.16 Å². The number of nitrogens with one attached hydrogen (secondary N) is 1. The highest BCUT2D eigenvalue weighted by Gasteiger charge is 2.24. The molecule has 0 amide bonds. The fraction of sp³-hybridized carbons (Fsp3) is 0.0625. The zero-order chi connectivity index (χ0) is 18.0. The van der Waals surface area contributed by atoms with Crippen molar-refractivity contribution in [3.8, 4) is 16.9 Å². The average Bonchev–Trinajstić information content (AvgIpc) is 3.03. The zero-order valence-corrected chi connectivity index (χ0v) is 15.2. The molecule has 1 heterocycles. The summed E-state index contributed by atoms with van der Waals surface area (Å²) >= 11 is 11.8. The van der Waals surface area contributed by atoms with E-state index in [1.807, 2.05) is 0 Å². The van der Waals surface area contributed by atoms with Gasteiger partial charge in [0.15, 0.2) is 0 Å². The molecule has 0 aliphatic carbocycles. The summed E-state index contributed by atoms with van der Waals surface area (Å²) in [6.45, 7) is 0. The first-order valence-electron chi connectivity index (χ1n) is 6.97. The standard InChI is InChI=1S/C16H12Cl2N2O4S/c1-23-14-7-6-12(18)8-15(14)25(21,22)20-16-13(9-19-24-16)10-2-4-11(17)5-3-10/h2-9,20H,1H3. The Morgan fingerprint density at radius 1 is 1.08 bits per heavy atom. The zero-order valence-electron chi connectivity index (χ0n) is 12.9. The lowest BCUT2D eigenvalue weighted by molar-refractivity contribution is 0.402. The summed E-state index contributed by atoms with van der Waals surface area (Å²) in [7, 11) is -2.64. The maximum Gasteiger partial charge on any atom is 0.268 e. The molecule has 6 nitrogen and oxygen atoms in total. The van der Waals surface area contributed by atoms with Crippen molar-refractivity contribution in [2.45, 2.75) is 4.90 Å². The Morgan fingerprint density at radius 2 is 1.76 bits per heavy atom. The van der Waals surface area contributed by atoms with Crippen LogP contribution < -0.4 is 9.46 Å². The molecule has 1 N–H and O–H groups in total. The Morgan fingerprint density at radius 3 is 2.44 bits per heavy atom. The van der Waals surface area contributed by atoms with Crippen LogP contribution in [0.15, 0.2) is 58.1 Å². The maximum absolute atomic E-state index is 12.7. The minimum absolute atomic E-state index is 0.0237. The van der Waals surface area contributed by atoms with E-state index in [-0.39, 0.29) is 21.6 Å². The van der Waals surface area contributed by atoms with Gasteiger partial charge in [0.05, 0.1) is 18.9 Å². The van der Waals surface area contributed by atoms with Gasteiger partial charge in [-0.25, -0.2) is 13.1 Å². The van der Waals surface area contributed by atoms with Gasteiger partial charge in [0, 0.05) is 10.0 Å². The molecule has 1 aromatic heterocycles. The van der Waals surface area contributed by atoms with Gasteiger partial charge in [-0.3, -0.25) is 0 Å². The average molecular weight is 399 g/mol. The molecule has 0 unspecified atom stereocenters. The number of hydrogen-bond donors (Lipinski definition) is 1. The van der Waals surface area contributed by atoms with Gasteiger partial charge in [-0.1, -0.05) is 40.5 Å². The number of aromatic nitrogens is 1. The SMILES string of the molecule is COc1ccc(Cl)cc1S(=O)(=O)Nc1oncc1-c1ccc(Cl)cc1. The fourth-order valence-electron chi connectivity index (χ4n) is 2.19. The summed E-state index contributed by atoms with van der Waals surface area (Å²) in [4.78, 5) is -0.110.